The lowest BCUT2D eigenvalue weighted by molar-refractivity contribution is 0.00855. The summed E-state index contributed by atoms with van der Waals surface area (Å²) in [6.45, 7) is 5.25. The Bertz CT molecular complexity index is 401. The Labute approximate surface area is 134 Å². The molecular weight excluding hydrogens is 276 g/mol. The third kappa shape index (κ3) is 3.93. The lowest BCUT2D eigenvalue weighted by Crippen LogP contribution is -2.51. The highest BCUT2D eigenvalue weighted by Gasteiger charge is 2.38. The predicted molar refractivity (Wildman–Crippen MR) is 90.1 cm³/mol. The van der Waals surface area contributed by atoms with Crippen LogP contribution in [-0.2, 0) is 0 Å². The Hall–Kier alpha value is -0.810. The fourth-order valence-corrected chi connectivity index (χ4v) is 3.94. The van der Waals surface area contributed by atoms with Crippen molar-refractivity contribution in [1.82, 2.24) is 15.5 Å². The van der Waals surface area contributed by atoms with Crippen molar-refractivity contribution in [3.05, 3.63) is 0 Å². The van der Waals surface area contributed by atoms with Gasteiger partial charge in [-0.15, -0.1) is 0 Å². The van der Waals surface area contributed by atoms with Crippen LogP contribution in [-0.4, -0.2) is 60.3 Å². The highest BCUT2D eigenvalue weighted by atomic mass is 16.3. The van der Waals surface area contributed by atoms with Crippen molar-refractivity contribution in [2.75, 3.05) is 26.7 Å². The van der Waals surface area contributed by atoms with E-state index in [0.29, 0.717) is 18.5 Å². The van der Waals surface area contributed by atoms with Gasteiger partial charge in [0, 0.05) is 38.8 Å². The average Bonchev–Trinajstić information content (AvgIpc) is 3.29. The van der Waals surface area contributed by atoms with Crippen LogP contribution < -0.4 is 10.6 Å². The third-order valence-electron chi connectivity index (χ3n) is 5.62. The molecule has 2 unspecified atom stereocenters. The molecule has 0 bridgehead atoms. The Morgan fingerprint density at radius 3 is 2.59 bits per heavy atom. The van der Waals surface area contributed by atoms with E-state index >= 15 is 0 Å². The fourth-order valence-electron chi connectivity index (χ4n) is 3.94. The van der Waals surface area contributed by atoms with Crippen LogP contribution in [0, 0.1) is 5.92 Å². The van der Waals surface area contributed by atoms with E-state index in [2.05, 4.69) is 27.4 Å². The van der Waals surface area contributed by atoms with Crippen molar-refractivity contribution < 1.29 is 5.11 Å². The van der Waals surface area contributed by atoms with E-state index < -0.39 is 5.60 Å². The maximum absolute atomic E-state index is 10.6. The van der Waals surface area contributed by atoms with Crippen LogP contribution in [0.1, 0.15) is 51.9 Å². The van der Waals surface area contributed by atoms with Crippen LogP contribution in [0.5, 0.6) is 0 Å². The highest BCUT2D eigenvalue weighted by molar-refractivity contribution is 5.80. The molecule has 1 saturated heterocycles. The van der Waals surface area contributed by atoms with Crippen LogP contribution >= 0.6 is 0 Å². The van der Waals surface area contributed by atoms with E-state index in [9.17, 15) is 5.11 Å². The molecule has 0 radical (unpaired) electrons. The molecule has 126 valence electrons. The standard InChI is InChI=1S/C17H32N4O/c1-13-10-21(14-6-7-14)11-15(13)20-16(18-2)19-12-17(22)8-4-3-5-9-17/h13-15,22H,3-12H2,1-2H3,(H2,18,19,20). The molecule has 0 aromatic heterocycles. The molecule has 3 N–H and O–H groups in total. The number of hydrogen-bond donors (Lipinski definition) is 3. The van der Waals surface area contributed by atoms with Gasteiger partial charge in [-0.05, 0) is 31.6 Å². The van der Waals surface area contributed by atoms with Crippen molar-refractivity contribution in [2.24, 2.45) is 10.9 Å². The summed E-state index contributed by atoms with van der Waals surface area (Å²) < 4.78 is 0. The summed E-state index contributed by atoms with van der Waals surface area (Å²) in [5.74, 6) is 1.49. The first-order chi connectivity index (χ1) is 10.6. The number of rotatable bonds is 4. The highest BCUT2D eigenvalue weighted by Crippen LogP contribution is 2.31. The van der Waals surface area contributed by atoms with Crippen molar-refractivity contribution in [1.29, 1.82) is 0 Å². The van der Waals surface area contributed by atoms with Gasteiger partial charge in [-0.25, -0.2) is 0 Å². The van der Waals surface area contributed by atoms with Crippen LogP contribution in [0.15, 0.2) is 4.99 Å². The molecule has 1 aliphatic heterocycles. The van der Waals surface area contributed by atoms with Gasteiger partial charge in [0.2, 0.25) is 0 Å². The number of hydrogen-bond acceptors (Lipinski definition) is 3. The van der Waals surface area contributed by atoms with Crippen LogP contribution in [0.4, 0.5) is 0 Å². The van der Waals surface area contributed by atoms with Gasteiger partial charge < -0.3 is 15.7 Å². The van der Waals surface area contributed by atoms with E-state index in [-0.39, 0.29) is 0 Å². The molecule has 5 nitrogen and oxygen atoms in total. The van der Waals surface area contributed by atoms with Gasteiger partial charge in [-0.2, -0.15) is 0 Å². The SMILES string of the molecule is CN=C(NCC1(O)CCCCC1)NC1CN(C2CC2)CC1C. The van der Waals surface area contributed by atoms with Gasteiger partial charge in [0.15, 0.2) is 5.96 Å². The van der Waals surface area contributed by atoms with Crippen molar-refractivity contribution >= 4 is 5.96 Å². The Kier molecular flexibility index (Phi) is 4.93. The normalized spacial score (nSPS) is 33.0. The van der Waals surface area contributed by atoms with Gasteiger partial charge in [0.1, 0.15) is 0 Å². The molecule has 3 fully saturated rings. The third-order valence-corrected chi connectivity index (χ3v) is 5.62. The summed E-state index contributed by atoms with van der Waals surface area (Å²) >= 11 is 0. The quantitative estimate of drug-likeness (QED) is 0.542. The number of aliphatic imine (C=N–C) groups is 1. The zero-order valence-electron chi connectivity index (χ0n) is 14.1. The minimum absolute atomic E-state index is 0.466. The second-order valence-electron chi connectivity index (χ2n) is 7.62. The molecule has 22 heavy (non-hydrogen) atoms. The molecule has 0 aromatic carbocycles. The number of aliphatic hydroxyl groups is 1. The van der Waals surface area contributed by atoms with E-state index in [1.165, 1.54) is 25.8 Å². The summed E-state index contributed by atoms with van der Waals surface area (Å²) in [4.78, 5) is 6.97. The Morgan fingerprint density at radius 1 is 1.23 bits per heavy atom. The van der Waals surface area contributed by atoms with E-state index in [1.807, 2.05) is 7.05 Å². The number of nitrogens with zero attached hydrogens (tertiary/aromatic N) is 2. The predicted octanol–water partition coefficient (Wildman–Crippen LogP) is 1.33. The zero-order valence-corrected chi connectivity index (χ0v) is 14.1. The molecule has 3 aliphatic rings. The Morgan fingerprint density at radius 2 is 1.95 bits per heavy atom. The molecule has 5 heteroatoms. The second-order valence-corrected chi connectivity index (χ2v) is 7.62. The van der Waals surface area contributed by atoms with Crippen LogP contribution in [0.3, 0.4) is 0 Å². The van der Waals surface area contributed by atoms with Gasteiger partial charge >= 0.3 is 0 Å². The lowest BCUT2D eigenvalue weighted by Gasteiger charge is -2.33. The number of guanidine groups is 1. The molecule has 2 aliphatic carbocycles. The Balaban J connectivity index is 1.47. The van der Waals surface area contributed by atoms with E-state index in [1.54, 1.807) is 0 Å². The summed E-state index contributed by atoms with van der Waals surface area (Å²) in [5, 5.41) is 17.5. The molecule has 2 saturated carbocycles. The minimum atomic E-state index is -0.544. The number of nitrogens with one attached hydrogen (secondary N) is 2. The maximum atomic E-state index is 10.6. The van der Waals surface area contributed by atoms with Crippen LogP contribution in [0.25, 0.3) is 0 Å². The first-order valence-corrected chi connectivity index (χ1v) is 9.03. The molecule has 3 rings (SSSR count). The number of likely N-dealkylation sites (tertiary alicyclic amines) is 1. The monoisotopic (exact) mass is 308 g/mol. The van der Waals surface area contributed by atoms with Crippen molar-refractivity contribution in [2.45, 2.75) is 69.6 Å². The summed E-state index contributed by atoms with van der Waals surface area (Å²) in [5.41, 5.74) is -0.544. The van der Waals surface area contributed by atoms with E-state index in [0.717, 1.165) is 44.2 Å². The summed E-state index contributed by atoms with van der Waals surface area (Å²) in [7, 11) is 1.82. The van der Waals surface area contributed by atoms with Gasteiger partial charge in [0.05, 0.1) is 5.60 Å². The lowest BCUT2D eigenvalue weighted by atomic mass is 9.85. The summed E-state index contributed by atoms with van der Waals surface area (Å²) in [6.07, 6.45) is 8.10. The van der Waals surface area contributed by atoms with Gasteiger partial charge in [-0.3, -0.25) is 9.89 Å². The maximum Gasteiger partial charge on any atom is 0.191 e. The van der Waals surface area contributed by atoms with Gasteiger partial charge in [-0.1, -0.05) is 26.2 Å². The summed E-state index contributed by atoms with van der Waals surface area (Å²) in [6, 6.07) is 1.31. The second kappa shape index (κ2) is 6.75. The molecule has 0 amide bonds. The molecule has 0 aromatic rings. The largest absolute Gasteiger partial charge is 0.388 e. The average molecular weight is 308 g/mol. The zero-order chi connectivity index (χ0) is 15.6. The van der Waals surface area contributed by atoms with Crippen molar-refractivity contribution in [3.8, 4) is 0 Å². The molecule has 2 atom stereocenters. The first kappa shape index (κ1) is 16.1. The minimum Gasteiger partial charge on any atom is -0.388 e. The topological polar surface area (TPSA) is 59.9 Å². The molecule has 1 heterocycles. The molecular formula is C17H32N4O. The van der Waals surface area contributed by atoms with Crippen LogP contribution in [0.2, 0.25) is 0 Å². The van der Waals surface area contributed by atoms with Crippen molar-refractivity contribution in [3.63, 3.8) is 0 Å². The first-order valence-electron chi connectivity index (χ1n) is 9.03. The van der Waals surface area contributed by atoms with E-state index in [4.69, 9.17) is 0 Å². The smallest absolute Gasteiger partial charge is 0.191 e. The fraction of sp³-hybridized carbons (Fsp3) is 0.941. The molecule has 0 spiro atoms. The van der Waals surface area contributed by atoms with Gasteiger partial charge in [0.25, 0.3) is 0 Å².